The Kier molecular flexibility index (Phi) is 6.43. The summed E-state index contributed by atoms with van der Waals surface area (Å²) < 4.78 is 2.21. The van der Waals surface area contributed by atoms with Gasteiger partial charge in [0.15, 0.2) is 10.6 Å². The molecule has 2 N–H and O–H groups in total. The maximum atomic E-state index is 12.9. The van der Waals surface area contributed by atoms with Crippen LogP contribution in [-0.2, 0) is 4.79 Å². The summed E-state index contributed by atoms with van der Waals surface area (Å²) in [4.78, 5) is 16.0. The minimum Gasteiger partial charge on any atom is -0.352 e. The maximum absolute atomic E-state index is 12.9. The third kappa shape index (κ3) is 4.40. The summed E-state index contributed by atoms with van der Waals surface area (Å²) in [6.07, 6.45) is 0. The number of hydrogen-bond acceptors (Lipinski definition) is 5. The predicted octanol–water partition coefficient (Wildman–Crippen LogP) is 3.96. The Labute approximate surface area is 174 Å². The first-order chi connectivity index (χ1) is 13.4. The van der Waals surface area contributed by atoms with Gasteiger partial charge in [0.05, 0.1) is 10.9 Å². The van der Waals surface area contributed by atoms with Crippen LogP contribution < -0.4 is 5.32 Å². The van der Waals surface area contributed by atoms with Crippen LogP contribution in [0.15, 0.2) is 41.8 Å². The Morgan fingerprint density at radius 1 is 1.32 bits per heavy atom. The van der Waals surface area contributed by atoms with Gasteiger partial charge in [-0.05, 0) is 57.2 Å². The Morgan fingerprint density at radius 2 is 2.04 bits per heavy atom. The smallest absolute Gasteiger partial charge is 0.243 e. The first-order valence-electron chi connectivity index (χ1n) is 9.10. The number of nitrogens with one attached hydrogen (secondary N) is 2. The first kappa shape index (κ1) is 20.4. The van der Waals surface area contributed by atoms with Crippen molar-refractivity contribution >= 4 is 29.5 Å². The third-order valence-electron chi connectivity index (χ3n) is 4.77. The van der Waals surface area contributed by atoms with E-state index in [2.05, 4.69) is 51.6 Å². The normalized spacial score (nSPS) is 13.5. The molecule has 3 rings (SSSR count). The van der Waals surface area contributed by atoms with Crippen molar-refractivity contribution < 1.29 is 4.79 Å². The number of aromatic nitrogens is 3. The Bertz CT molecular complexity index is 973. The molecule has 1 amide bonds. The molecule has 6 nitrogen and oxygen atoms in total. The topological polar surface area (TPSA) is 66.0 Å². The first-order valence-corrected chi connectivity index (χ1v) is 10.4. The number of benzene rings is 1. The Morgan fingerprint density at radius 3 is 2.64 bits per heavy atom. The highest BCUT2D eigenvalue weighted by atomic mass is 32.1. The molecule has 2 unspecified atom stereocenters. The fourth-order valence-corrected chi connectivity index (χ4v) is 4.09. The molecule has 0 aliphatic rings. The standard InChI is InChI=1S/C20H25N5OS2/c1-13-7-9-15(10-8-13)16(24(3)4)12-21-19(26)14(2)25-18(22-23-20(25)27)17-6-5-11-28-17/h5-11,14,16H,12H2,1-4H3,(H,21,26)(H,23,27). The number of H-pyrrole nitrogens is 1. The quantitative estimate of drug-likeness (QED) is 0.573. The summed E-state index contributed by atoms with van der Waals surface area (Å²) in [5, 5.41) is 12.2. The molecule has 28 heavy (non-hydrogen) atoms. The average Bonchev–Trinajstić information content (AvgIpc) is 3.31. The van der Waals surface area contributed by atoms with Crippen molar-refractivity contribution in [1.29, 1.82) is 0 Å². The van der Waals surface area contributed by atoms with Crippen LogP contribution in [0.2, 0.25) is 0 Å². The lowest BCUT2D eigenvalue weighted by Gasteiger charge is -2.26. The highest BCUT2D eigenvalue weighted by Crippen LogP contribution is 2.26. The fourth-order valence-electron chi connectivity index (χ4n) is 3.09. The van der Waals surface area contributed by atoms with E-state index in [0.29, 0.717) is 17.1 Å². The van der Waals surface area contributed by atoms with E-state index in [1.807, 2.05) is 38.5 Å². The van der Waals surface area contributed by atoms with Gasteiger partial charge in [-0.1, -0.05) is 35.9 Å². The molecule has 0 bridgehead atoms. The van der Waals surface area contributed by atoms with Crippen LogP contribution in [0.25, 0.3) is 10.7 Å². The van der Waals surface area contributed by atoms with E-state index in [4.69, 9.17) is 12.2 Å². The molecule has 148 valence electrons. The van der Waals surface area contributed by atoms with Gasteiger partial charge in [-0.3, -0.25) is 14.5 Å². The minimum absolute atomic E-state index is 0.0886. The van der Waals surface area contributed by atoms with Gasteiger partial charge in [-0.25, -0.2) is 0 Å². The van der Waals surface area contributed by atoms with Crippen LogP contribution in [0.5, 0.6) is 0 Å². The van der Waals surface area contributed by atoms with Gasteiger partial charge >= 0.3 is 0 Å². The van der Waals surface area contributed by atoms with Gasteiger partial charge in [0.2, 0.25) is 5.91 Å². The molecule has 2 aromatic heterocycles. The zero-order chi connectivity index (χ0) is 20.3. The highest BCUT2D eigenvalue weighted by Gasteiger charge is 2.23. The van der Waals surface area contributed by atoms with Crippen molar-refractivity contribution in [3.63, 3.8) is 0 Å². The van der Waals surface area contributed by atoms with Crippen molar-refractivity contribution in [1.82, 2.24) is 25.0 Å². The second-order valence-electron chi connectivity index (χ2n) is 7.01. The number of aromatic amines is 1. The molecular weight excluding hydrogens is 390 g/mol. The number of aryl methyl sites for hydroxylation is 1. The molecule has 8 heteroatoms. The van der Waals surface area contributed by atoms with E-state index < -0.39 is 6.04 Å². The largest absolute Gasteiger partial charge is 0.352 e. The maximum Gasteiger partial charge on any atom is 0.243 e. The van der Waals surface area contributed by atoms with Crippen molar-refractivity contribution in [3.8, 4) is 10.7 Å². The minimum atomic E-state index is -0.468. The molecule has 1 aromatic carbocycles. The van der Waals surface area contributed by atoms with Gasteiger partial charge in [0.25, 0.3) is 0 Å². The predicted molar refractivity (Wildman–Crippen MR) is 116 cm³/mol. The molecular formula is C20H25N5OS2. The Hall–Kier alpha value is -2.29. The Balaban J connectivity index is 1.75. The van der Waals surface area contributed by atoms with E-state index in [1.165, 1.54) is 11.1 Å². The number of rotatable bonds is 7. The molecule has 0 radical (unpaired) electrons. The van der Waals surface area contributed by atoms with E-state index in [0.717, 1.165) is 4.88 Å². The monoisotopic (exact) mass is 415 g/mol. The van der Waals surface area contributed by atoms with Gasteiger partial charge in [-0.15, -0.1) is 11.3 Å². The molecule has 2 heterocycles. The average molecular weight is 416 g/mol. The third-order valence-corrected chi connectivity index (χ3v) is 5.92. The molecule has 0 aliphatic heterocycles. The number of likely N-dealkylation sites (N-methyl/N-ethyl adjacent to an activating group) is 1. The van der Waals surface area contributed by atoms with Crippen molar-refractivity contribution in [3.05, 3.63) is 57.7 Å². The summed E-state index contributed by atoms with van der Waals surface area (Å²) in [7, 11) is 4.03. The fraction of sp³-hybridized carbons (Fsp3) is 0.350. The lowest BCUT2D eigenvalue weighted by Crippen LogP contribution is -2.38. The van der Waals surface area contributed by atoms with Crippen LogP contribution >= 0.6 is 23.6 Å². The van der Waals surface area contributed by atoms with E-state index >= 15 is 0 Å². The molecule has 0 aliphatic carbocycles. The highest BCUT2D eigenvalue weighted by molar-refractivity contribution is 7.71. The number of thiophene rings is 1. The zero-order valence-electron chi connectivity index (χ0n) is 16.5. The second kappa shape index (κ2) is 8.81. The van der Waals surface area contributed by atoms with Gasteiger partial charge < -0.3 is 10.2 Å². The van der Waals surface area contributed by atoms with Gasteiger partial charge in [0, 0.05) is 6.54 Å². The lowest BCUT2D eigenvalue weighted by atomic mass is 10.0. The van der Waals surface area contributed by atoms with Crippen molar-refractivity contribution in [2.45, 2.75) is 25.9 Å². The van der Waals surface area contributed by atoms with Gasteiger partial charge in [-0.2, -0.15) is 5.10 Å². The van der Waals surface area contributed by atoms with Crippen LogP contribution in [0, 0.1) is 11.7 Å². The summed E-state index contributed by atoms with van der Waals surface area (Å²) in [5.74, 6) is 0.597. The molecule has 0 spiro atoms. The van der Waals surface area contributed by atoms with Gasteiger partial charge in [0.1, 0.15) is 6.04 Å². The molecule has 0 fully saturated rings. The van der Waals surface area contributed by atoms with Crippen molar-refractivity contribution in [2.75, 3.05) is 20.6 Å². The summed E-state index contributed by atoms with van der Waals surface area (Å²) >= 11 is 6.93. The summed E-state index contributed by atoms with van der Waals surface area (Å²) in [6, 6.07) is 11.9. The molecule has 0 saturated carbocycles. The molecule has 0 saturated heterocycles. The lowest BCUT2D eigenvalue weighted by molar-refractivity contribution is -0.124. The number of amides is 1. The van der Waals surface area contributed by atoms with Crippen LogP contribution in [0.1, 0.15) is 30.1 Å². The number of hydrogen-bond donors (Lipinski definition) is 2. The van der Waals surface area contributed by atoms with Crippen LogP contribution in [-0.4, -0.2) is 46.2 Å². The second-order valence-corrected chi connectivity index (χ2v) is 8.35. The molecule has 2 atom stereocenters. The van der Waals surface area contributed by atoms with Crippen molar-refractivity contribution in [2.24, 2.45) is 0 Å². The van der Waals surface area contributed by atoms with E-state index in [-0.39, 0.29) is 11.9 Å². The summed E-state index contributed by atoms with van der Waals surface area (Å²) in [5.41, 5.74) is 2.39. The number of carbonyl (C=O) groups excluding carboxylic acids is 1. The van der Waals surface area contributed by atoms with Crippen LogP contribution in [0.4, 0.5) is 0 Å². The van der Waals surface area contributed by atoms with Crippen LogP contribution in [0.3, 0.4) is 0 Å². The summed E-state index contributed by atoms with van der Waals surface area (Å²) in [6.45, 7) is 4.42. The zero-order valence-corrected chi connectivity index (χ0v) is 18.1. The number of carbonyl (C=O) groups is 1. The molecule has 3 aromatic rings. The van der Waals surface area contributed by atoms with E-state index in [1.54, 1.807) is 15.9 Å². The SMILES string of the molecule is Cc1ccc(C(CNC(=O)C(C)n2c(-c3cccs3)n[nH]c2=S)N(C)C)cc1. The van der Waals surface area contributed by atoms with E-state index in [9.17, 15) is 4.79 Å². The number of nitrogens with zero attached hydrogens (tertiary/aromatic N) is 3.